The molecule has 0 aliphatic rings. The van der Waals surface area contributed by atoms with Gasteiger partial charge in [-0.05, 0) is 19.1 Å². The molecule has 0 saturated carbocycles. The second kappa shape index (κ2) is 3.51. The smallest absolute Gasteiger partial charge is 0.263 e. The highest BCUT2D eigenvalue weighted by Gasteiger charge is 2.13. The Morgan fingerprint density at radius 1 is 1.46 bits per heavy atom. The van der Waals surface area contributed by atoms with Crippen molar-refractivity contribution in [2.45, 2.75) is 11.8 Å². The van der Waals surface area contributed by atoms with E-state index in [1.807, 2.05) is 0 Å². The molecule has 1 N–H and O–H groups in total. The molecule has 0 bridgehead atoms. The lowest BCUT2D eigenvalue weighted by atomic mass is 10.4. The lowest BCUT2D eigenvalue weighted by Gasteiger charge is -2.03. The number of hydrogen-bond acceptors (Lipinski definition) is 4. The summed E-state index contributed by atoms with van der Waals surface area (Å²) in [5.41, 5.74) is 0.391. The van der Waals surface area contributed by atoms with Crippen molar-refractivity contribution in [3.05, 3.63) is 17.8 Å². The molecule has 0 amide bonds. The molecule has 1 aromatic rings. The van der Waals surface area contributed by atoms with Gasteiger partial charge in [0.2, 0.25) is 0 Å². The van der Waals surface area contributed by atoms with E-state index in [-0.39, 0.29) is 4.90 Å². The highest BCUT2D eigenvalue weighted by molar-refractivity contribution is 8.13. The Labute approximate surface area is 81.4 Å². The lowest BCUT2D eigenvalue weighted by molar-refractivity contribution is 0.608. The monoisotopic (exact) mass is 220 g/mol. The van der Waals surface area contributed by atoms with Crippen LogP contribution in [0.3, 0.4) is 0 Å². The van der Waals surface area contributed by atoms with E-state index < -0.39 is 9.05 Å². The van der Waals surface area contributed by atoms with Crippen LogP contribution in [0, 0.1) is 6.92 Å². The molecule has 0 radical (unpaired) electrons. The largest absolute Gasteiger partial charge is 0.373 e. The van der Waals surface area contributed by atoms with Crippen molar-refractivity contribution in [2.75, 3.05) is 12.4 Å². The molecule has 0 aromatic carbocycles. The lowest BCUT2D eigenvalue weighted by Crippen LogP contribution is -2.00. The number of rotatable bonds is 2. The standard InChI is InChI=1S/C7H9ClN2O2S/c1-5-6(13(8,11)12)3-4-7(9-2)10-5/h3-4H,1-2H3,(H,9,10). The fourth-order valence-corrected chi connectivity index (χ4v) is 2.06. The van der Waals surface area contributed by atoms with Gasteiger partial charge < -0.3 is 5.32 Å². The molecule has 0 aliphatic carbocycles. The van der Waals surface area contributed by atoms with Gasteiger partial charge in [-0.15, -0.1) is 0 Å². The zero-order valence-electron chi connectivity index (χ0n) is 7.20. The maximum Gasteiger partial charge on any atom is 0.263 e. The summed E-state index contributed by atoms with van der Waals surface area (Å²) in [5.74, 6) is 0.613. The zero-order valence-corrected chi connectivity index (χ0v) is 8.78. The molecule has 0 spiro atoms. The zero-order chi connectivity index (χ0) is 10.1. The number of nitrogens with zero attached hydrogens (tertiary/aromatic N) is 1. The summed E-state index contributed by atoms with van der Waals surface area (Å²) < 4.78 is 21.9. The molecule has 0 atom stereocenters. The van der Waals surface area contributed by atoms with Crippen LogP contribution in [0.2, 0.25) is 0 Å². The van der Waals surface area contributed by atoms with E-state index in [2.05, 4.69) is 10.3 Å². The fraction of sp³-hybridized carbons (Fsp3) is 0.286. The molecule has 72 valence electrons. The number of aromatic nitrogens is 1. The van der Waals surface area contributed by atoms with Gasteiger partial charge in [0.05, 0.1) is 5.69 Å². The van der Waals surface area contributed by atoms with Crippen LogP contribution in [-0.2, 0) is 9.05 Å². The topological polar surface area (TPSA) is 59.1 Å². The first-order valence-corrected chi connectivity index (χ1v) is 5.86. The molecule has 1 aromatic heterocycles. The van der Waals surface area contributed by atoms with Gasteiger partial charge in [0, 0.05) is 17.7 Å². The maximum atomic E-state index is 11.0. The maximum absolute atomic E-state index is 11.0. The summed E-state index contributed by atoms with van der Waals surface area (Å²) in [6.45, 7) is 1.59. The van der Waals surface area contributed by atoms with Crippen LogP contribution in [0.25, 0.3) is 0 Å². The van der Waals surface area contributed by atoms with E-state index in [9.17, 15) is 8.42 Å². The Morgan fingerprint density at radius 3 is 2.46 bits per heavy atom. The average molecular weight is 221 g/mol. The fourth-order valence-electron chi connectivity index (χ4n) is 0.945. The molecule has 4 nitrogen and oxygen atoms in total. The van der Waals surface area contributed by atoms with Crippen molar-refractivity contribution >= 4 is 25.6 Å². The molecule has 0 aliphatic heterocycles. The SMILES string of the molecule is CNc1ccc(S(=O)(=O)Cl)c(C)n1. The van der Waals surface area contributed by atoms with Gasteiger partial charge >= 0.3 is 0 Å². The molecule has 0 unspecified atom stereocenters. The molecular weight excluding hydrogens is 212 g/mol. The quantitative estimate of drug-likeness (QED) is 0.765. The summed E-state index contributed by atoms with van der Waals surface area (Å²) in [5, 5.41) is 2.80. The molecule has 13 heavy (non-hydrogen) atoms. The van der Waals surface area contributed by atoms with Crippen LogP contribution in [-0.4, -0.2) is 20.4 Å². The second-order valence-corrected chi connectivity index (χ2v) is 5.00. The van der Waals surface area contributed by atoms with E-state index in [4.69, 9.17) is 10.7 Å². The Kier molecular flexibility index (Phi) is 2.77. The van der Waals surface area contributed by atoms with Gasteiger partial charge in [-0.25, -0.2) is 13.4 Å². The molecule has 1 heterocycles. The van der Waals surface area contributed by atoms with Gasteiger partial charge in [0.25, 0.3) is 9.05 Å². The third-order valence-corrected chi connectivity index (χ3v) is 3.01. The van der Waals surface area contributed by atoms with Gasteiger partial charge in [-0.2, -0.15) is 0 Å². The number of aryl methyl sites for hydroxylation is 1. The van der Waals surface area contributed by atoms with Crippen molar-refractivity contribution in [1.29, 1.82) is 0 Å². The number of hydrogen-bond donors (Lipinski definition) is 1. The molecule has 0 saturated heterocycles. The summed E-state index contributed by atoms with van der Waals surface area (Å²) >= 11 is 0. The van der Waals surface area contributed by atoms with Crippen LogP contribution in [0.5, 0.6) is 0 Å². The van der Waals surface area contributed by atoms with Crippen LogP contribution < -0.4 is 5.32 Å². The Morgan fingerprint density at radius 2 is 2.08 bits per heavy atom. The van der Waals surface area contributed by atoms with Crippen molar-refractivity contribution in [1.82, 2.24) is 4.98 Å². The minimum absolute atomic E-state index is 0.0492. The number of nitrogens with one attached hydrogen (secondary N) is 1. The molecule has 1 rings (SSSR count). The minimum Gasteiger partial charge on any atom is -0.373 e. The van der Waals surface area contributed by atoms with Gasteiger partial charge in [-0.3, -0.25) is 0 Å². The first-order valence-electron chi connectivity index (χ1n) is 3.55. The summed E-state index contributed by atoms with van der Waals surface area (Å²) in [6.07, 6.45) is 0. The summed E-state index contributed by atoms with van der Waals surface area (Å²) in [4.78, 5) is 4.03. The third-order valence-electron chi connectivity index (χ3n) is 1.56. The van der Waals surface area contributed by atoms with E-state index in [1.165, 1.54) is 6.07 Å². The number of halogens is 1. The van der Waals surface area contributed by atoms with Gasteiger partial charge in [0.15, 0.2) is 0 Å². The molecule has 0 fully saturated rings. The van der Waals surface area contributed by atoms with E-state index in [1.54, 1.807) is 20.0 Å². The predicted octanol–water partition coefficient (Wildman–Crippen LogP) is 1.36. The molecule has 6 heteroatoms. The first kappa shape index (κ1) is 10.3. The van der Waals surface area contributed by atoms with E-state index in [0.29, 0.717) is 11.5 Å². The highest BCUT2D eigenvalue weighted by Crippen LogP contribution is 2.19. The van der Waals surface area contributed by atoms with Crippen molar-refractivity contribution in [3.63, 3.8) is 0 Å². The Hall–Kier alpha value is -0.810. The normalized spacial score (nSPS) is 11.3. The predicted molar refractivity (Wildman–Crippen MR) is 51.6 cm³/mol. The van der Waals surface area contributed by atoms with Crippen LogP contribution in [0.4, 0.5) is 5.82 Å². The van der Waals surface area contributed by atoms with E-state index >= 15 is 0 Å². The number of anilines is 1. The van der Waals surface area contributed by atoms with Gasteiger partial charge in [0.1, 0.15) is 10.7 Å². The second-order valence-electron chi connectivity index (χ2n) is 2.47. The number of pyridine rings is 1. The average Bonchev–Trinajstić information content (AvgIpc) is 2.01. The highest BCUT2D eigenvalue weighted by atomic mass is 35.7. The van der Waals surface area contributed by atoms with Crippen LogP contribution in [0.15, 0.2) is 17.0 Å². The van der Waals surface area contributed by atoms with Crippen molar-refractivity contribution in [2.24, 2.45) is 0 Å². The van der Waals surface area contributed by atoms with Crippen LogP contribution >= 0.6 is 10.7 Å². The van der Waals surface area contributed by atoms with Crippen molar-refractivity contribution < 1.29 is 8.42 Å². The van der Waals surface area contributed by atoms with Gasteiger partial charge in [-0.1, -0.05) is 0 Å². The minimum atomic E-state index is -3.68. The summed E-state index contributed by atoms with van der Waals surface area (Å²) in [6, 6.07) is 2.98. The first-order chi connectivity index (χ1) is 5.95. The Bertz CT molecular complexity index is 417. The van der Waals surface area contributed by atoms with Crippen molar-refractivity contribution in [3.8, 4) is 0 Å². The van der Waals surface area contributed by atoms with Crippen LogP contribution in [0.1, 0.15) is 5.69 Å². The van der Waals surface area contributed by atoms with E-state index in [0.717, 1.165) is 0 Å². The third kappa shape index (κ3) is 2.32. The molecular formula is C7H9ClN2O2S. The summed E-state index contributed by atoms with van der Waals surface area (Å²) in [7, 11) is 3.20. The Balaban J connectivity index is 3.29.